The predicted molar refractivity (Wildman–Crippen MR) is 136 cm³/mol. The zero-order valence-corrected chi connectivity index (χ0v) is 19.5. The molecule has 0 radical (unpaired) electrons. The van der Waals surface area contributed by atoms with Crippen molar-refractivity contribution < 1.29 is 4.79 Å². The lowest BCUT2D eigenvalue weighted by atomic mass is 9.95. The van der Waals surface area contributed by atoms with Gasteiger partial charge in [0.15, 0.2) is 0 Å². The van der Waals surface area contributed by atoms with E-state index in [1.165, 1.54) is 10.4 Å². The molecule has 1 amide bonds. The van der Waals surface area contributed by atoms with Crippen LogP contribution in [0.4, 0.5) is 11.4 Å². The molecule has 0 aliphatic heterocycles. The van der Waals surface area contributed by atoms with Gasteiger partial charge in [-0.3, -0.25) is 9.20 Å². The number of carbonyl (C=O) groups excluding carboxylic acids is 1. The number of amides is 1. The van der Waals surface area contributed by atoms with Crippen molar-refractivity contribution in [2.75, 3.05) is 11.1 Å². The van der Waals surface area contributed by atoms with Gasteiger partial charge in [0.25, 0.3) is 5.91 Å². The van der Waals surface area contributed by atoms with E-state index in [1.54, 1.807) is 23.5 Å². The smallest absolute Gasteiger partial charge is 0.255 e. The maximum absolute atomic E-state index is 12.7. The summed E-state index contributed by atoms with van der Waals surface area (Å²) in [5.41, 5.74) is 11.8. The summed E-state index contributed by atoms with van der Waals surface area (Å²) in [5, 5.41) is 4.02. The molecule has 168 valence electrons. The van der Waals surface area contributed by atoms with E-state index in [9.17, 15) is 4.79 Å². The lowest BCUT2D eigenvalue weighted by Gasteiger charge is -2.14. The van der Waals surface area contributed by atoms with Gasteiger partial charge >= 0.3 is 0 Å². The summed E-state index contributed by atoms with van der Waals surface area (Å²) in [7, 11) is 0. The van der Waals surface area contributed by atoms with E-state index >= 15 is 0 Å². The molecule has 0 bridgehead atoms. The molecule has 0 spiro atoms. The number of benzene rings is 2. The summed E-state index contributed by atoms with van der Waals surface area (Å²) in [5.74, 6) is -0.172. The molecule has 6 rings (SSSR count). The molecule has 0 unspecified atom stereocenters. The molecule has 1 aliphatic carbocycles. The SMILES string of the molecule is Cc1sc(C2(c3ccc(C(=O)Nc4ccccc4N)cc3)CC2)nc1-c1cnc2ccccn12. The number of nitrogens with two attached hydrogens (primary N) is 1. The van der Waals surface area contributed by atoms with Crippen LogP contribution in [-0.2, 0) is 5.41 Å². The summed E-state index contributed by atoms with van der Waals surface area (Å²) in [4.78, 5) is 23.5. The van der Waals surface area contributed by atoms with Crippen molar-refractivity contribution in [1.82, 2.24) is 14.4 Å². The number of nitrogens with one attached hydrogen (secondary N) is 1. The highest BCUT2D eigenvalue weighted by Crippen LogP contribution is 2.55. The Morgan fingerprint density at radius 2 is 1.82 bits per heavy atom. The molecule has 5 aromatic rings. The average Bonchev–Trinajstić information content (AvgIpc) is 3.42. The molecular weight excluding hydrogens is 442 g/mol. The molecule has 3 aromatic heterocycles. The first-order valence-corrected chi connectivity index (χ1v) is 12.0. The fraction of sp³-hybridized carbons (Fsp3) is 0.148. The van der Waals surface area contributed by atoms with Crippen LogP contribution < -0.4 is 11.1 Å². The van der Waals surface area contributed by atoms with Gasteiger partial charge in [-0.05, 0) is 61.7 Å². The van der Waals surface area contributed by atoms with E-state index in [-0.39, 0.29) is 11.3 Å². The van der Waals surface area contributed by atoms with Gasteiger partial charge in [0.2, 0.25) is 0 Å². The normalized spacial score (nSPS) is 14.3. The second-order valence-corrected chi connectivity index (χ2v) is 9.90. The highest BCUT2D eigenvalue weighted by molar-refractivity contribution is 7.12. The van der Waals surface area contributed by atoms with Gasteiger partial charge in [-0.2, -0.15) is 0 Å². The number of carbonyl (C=O) groups is 1. The number of anilines is 2. The number of nitrogens with zero attached hydrogens (tertiary/aromatic N) is 3. The van der Waals surface area contributed by atoms with Crippen molar-refractivity contribution in [3.63, 3.8) is 0 Å². The fourth-order valence-corrected chi connectivity index (χ4v) is 5.63. The van der Waals surface area contributed by atoms with E-state index < -0.39 is 0 Å². The largest absolute Gasteiger partial charge is 0.397 e. The van der Waals surface area contributed by atoms with Crippen LogP contribution in [0.5, 0.6) is 0 Å². The van der Waals surface area contributed by atoms with Gasteiger partial charge in [-0.15, -0.1) is 11.3 Å². The number of hydrogen-bond acceptors (Lipinski definition) is 5. The van der Waals surface area contributed by atoms with Crippen LogP contribution in [0.1, 0.15) is 38.6 Å². The molecule has 0 atom stereocenters. The zero-order valence-electron chi connectivity index (χ0n) is 18.7. The number of fused-ring (bicyclic) bond motifs is 1. The minimum absolute atomic E-state index is 0.0764. The molecule has 6 nitrogen and oxygen atoms in total. The van der Waals surface area contributed by atoms with E-state index in [1.807, 2.05) is 54.9 Å². The Kier molecular flexibility index (Phi) is 4.74. The van der Waals surface area contributed by atoms with Crippen LogP contribution in [0.3, 0.4) is 0 Å². The van der Waals surface area contributed by atoms with Crippen LogP contribution >= 0.6 is 11.3 Å². The number of nitrogen functional groups attached to an aromatic ring is 1. The lowest BCUT2D eigenvalue weighted by molar-refractivity contribution is 0.102. The van der Waals surface area contributed by atoms with Crippen LogP contribution in [0.15, 0.2) is 79.1 Å². The van der Waals surface area contributed by atoms with E-state index in [2.05, 4.69) is 33.8 Å². The molecule has 34 heavy (non-hydrogen) atoms. The minimum Gasteiger partial charge on any atom is -0.397 e. The summed E-state index contributed by atoms with van der Waals surface area (Å²) >= 11 is 1.75. The molecule has 1 fully saturated rings. The number of para-hydroxylation sites is 2. The van der Waals surface area contributed by atoms with Crippen molar-refractivity contribution in [1.29, 1.82) is 0 Å². The Morgan fingerprint density at radius 3 is 2.59 bits per heavy atom. The highest BCUT2D eigenvalue weighted by Gasteiger charge is 2.48. The number of aryl methyl sites for hydroxylation is 1. The van der Waals surface area contributed by atoms with Crippen LogP contribution in [0, 0.1) is 6.92 Å². The summed E-state index contributed by atoms with van der Waals surface area (Å²) in [6.45, 7) is 2.12. The molecule has 2 aromatic carbocycles. The summed E-state index contributed by atoms with van der Waals surface area (Å²) < 4.78 is 2.08. The van der Waals surface area contributed by atoms with Gasteiger partial charge in [-0.25, -0.2) is 9.97 Å². The molecule has 0 saturated heterocycles. The molecule has 1 saturated carbocycles. The maximum atomic E-state index is 12.7. The standard InChI is InChI=1S/C27H23N5OS/c1-17-24(22-16-29-23-8-4-5-15-32(22)23)31-26(34-17)27(13-14-27)19-11-9-18(10-12-19)25(33)30-21-7-3-2-6-20(21)28/h2-12,15-16H,13-14,28H2,1H3,(H,30,33). The molecule has 1 aliphatic rings. The van der Waals surface area contributed by atoms with E-state index in [0.29, 0.717) is 16.9 Å². The van der Waals surface area contributed by atoms with Crippen LogP contribution in [0.25, 0.3) is 17.0 Å². The van der Waals surface area contributed by atoms with Gasteiger partial charge in [0.05, 0.1) is 23.3 Å². The monoisotopic (exact) mass is 465 g/mol. The average molecular weight is 466 g/mol. The quantitative estimate of drug-likeness (QED) is 0.327. The third kappa shape index (κ3) is 3.36. The molecular formula is C27H23N5OS. The third-order valence-electron chi connectivity index (χ3n) is 6.52. The van der Waals surface area contributed by atoms with Gasteiger partial charge in [-0.1, -0.05) is 30.3 Å². The molecule has 7 heteroatoms. The predicted octanol–water partition coefficient (Wildman–Crippen LogP) is 5.68. The van der Waals surface area contributed by atoms with Crippen molar-refractivity contribution >= 4 is 34.3 Å². The van der Waals surface area contributed by atoms with Gasteiger partial charge in [0.1, 0.15) is 16.3 Å². The fourth-order valence-electron chi connectivity index (χ4n) is 4.44. The third-order valence-corrected chi connectivity index (χ3v) is 7.70. The first-order valence-electron chi connectivity index (χ1n) is 11.2. The molecule has 3 N–H and O–H groups in total. The number of pyridine rings is 1. The Labute approximate surface area is 201 Å². The van der Waals surface area contributed by atoms with E-state index in [4.69, 9.17) is 10.7 Å². The second-order valence-electron chi connectivity index (χ2n) is 8.70. The van der Waals surface area contributed by atoms with Crippen LogP contribution in [-0.4, -0.2) is 20.3 Å². The number of imidazole rings is 1. The zero-order chi connectivity index (χ0) is 23.3. The second kappa shape index (κ2) is 7.81. The van der Waals surface area contributed by atoms with Crippen molar-refractivity contribution in [3.8, 4) is 11.4 Å². The number of rotatable bonds is 5. The van der Waals surface area contributed by atoms with E-state index in [0.717, 1.165) is 34.9 Å². The van der Waals surface area contributed by atoms with Crippen molar-refractivity contribution in [2.45, 2.75) is 25.2 Å². The van der Waals surface area contributed by atoms with Crippen molar-refractivity contribution in [3.05, 3.63) is 100 Å². The highest BCUT2D eigenvalue weighted by atomic mass is 32.1. The van der Waals surface area contributed by atoms with Gasteiger partial charge in [0, 0.05) is 22.1 Å². The van der Waals surface area contributed by atoms with Crippen LogP contribution in [0.2, 0.25) is 0 Å². The Hall–Kier alpha value is -3.97. The number of thiazole rings is 1. The molecule has 3 heterocycles. The summed E-state index contributed by atoms with van der Waals surface area (Å²) in [6, 6.07) is 21.1. The Morgan fingerprint density at radius 1 is 1.06 bits per heavy atom. The number of hydrogen-bond donors (Lipinski definition) is 2. The summed E-state index contributed by atoms with van der Waals surface area (Å²) in [6.07, 6.45) is 6.03. The van der Waals surface area contributed by atoms with Gasteiger partial charge < -0.3 is 11.1 Å². The topological polar surface area (TPSA) is 85.3 Å². The minimum atomic E-state index is -0.172. The lowest BCUT2D eigenvalue weighted by Crippen LogP contribution is -2.14. The Bertz CT molecular complexity index is 1530. The first kappa shape index (κ1) is 20.6. The maximum Gasteiger partial charge on any atom is 0.255 e. The number of aromatic nitrogens is 3. The first-order chi connectivity index (χ1) is 16.5. The Balaban J connectivity index is 1.28. The van der Waals surface area contributed by atoms with Crippen molar-refractivity contribution in [2.24, 2.45) is 0 Å².